The van der Waals surface area contributed by atoms with Gasteiger partial charge in [0, 0.05) is 0 Å². The molecule has 1 aliphatic carbocycles. The summed E-state index contributed by atoms with van der Waals surface area (Å²) in [5, 5.41) is 0. The van der Waals surface area contributed by atoms with E-state index >= 15 is 0 Å². The summed E-state index contributed by atoms with van der Waals surface area (Å²) in [6, 6.07) is 0. The van der Waals surface area contributed by atoms with Crippen LogP contribution in [0.4, 0.5) is 57.1 Å². The minimum Gasteiger partial charge on any atom is -0.222 e. The van der Waals surface area contributed by atoms with Gasteiger partial charge in [0.25, 0.3) is 5.67 Å². The highest BCUT2D eigenvalue weighted by molar-refractivity contribution is 5.31. The first-order chi connectivity index (χ1) is 10.4. The van der Waals surface area contributed by atoms with Gasteiger partial charge in [0.05, 0.1) is 0 Å². The van der Waals surface area contributed by atoms with Gasteiger partial charge in [-0.3, -0.25) is 0 Å². The Kier molecular flexibility index (Phi) is 4.71. The molecular formula is C11H7F13. The second-order valence-electron chi connectivity index (χ2n) is 5.00. The lowest BCUT2D eigenvalue weighted by Gasteiger charge is -2.42. The van der Waals surface area contributed by atoms with Crippen LogP contribution in [0.3, 0.4) is 0 Å². The molecule has 1 rings (SSSR count). The molecule has 142 valence electrons. The largest absolute Gasteiger partial charge is 0.460 e. The van der Waals surface area contributed by atoms with E-state index in [2.05, 4.69) is 0 Å². The van der Waals surface area contributed by atoms with Crippen LogP contribution in [0.1, 0.15) is 19.3 Å². The summed E-state index contributed by atoms with van der Waals surface area (Å²) in [7, 11) is 0. The second-order valence-corrected chi connectivity index (χ2v) is 5.00. The molecule has 0 aromatic heterocycles. The third-order valence-electron chi connectivity index (χ3n) is 3.45. The third-order valence-corrected chi connectivity index (χ3v) is 3.45. The van der Waals surface area contributed by atoms with E-state index in [9.17, 15) is 57.1 Å². The van der Waals surface area contributed by atoms with E-state index in [4.69, 9.17) is 0 Å². The molecule has 1 atom stereocenters. The van der Waals surface area contributed by atoms with Crippen LogP contribution in [0.15, 0.2) is 11.6 Å². The summed E-state index contributed by atoms with van der Waals surface area (Å²) in [4.78, 5) is 0. The van der Waals surface area contributed by atoms with Crippen molar-refractivity contribution in [3.63, 3.8) is 0 Å². The zero-order valence-corrected chi connectivity index (χ0v) is 11.1. The standard InChI is InChI=1S/C11H7F13/c12-6(10(19,20)21,5-3-1-2-4-5)7(13,14)8(15,16)9(17,18)11(22,23)24/h3H,1-2,4H2. The molecule has 0 saturated heterocycles. The smallest absolute Gasteiger partial charge is 0.222 e. The molecule has 0 amide bonds. The first-order valence-corrected chi connectivity index (χ1v) is 6.01. The molecule has 0 fully saturated rings. The van der Waals surface area contributed by atoms with Gasteiger partial charge in [-0.05, 0) is 24.8 Å². The molecule has 0 aromatic carbocycles. The van der Waals surface area contributed by atoms with Crippen LogP contribution in [-0.2, 0) is 0 Å². The molecule has 0 radical (unpaired) electrons. The molecule has 1 unspecified atom stereocenters. The van der Waals surface area contributed by atoms with Crippen molar-refractivity contribution in [3.05, 3.63) is 11.6 Å². The number of hydrogen-bond donors (Lipinski definition) is 0. The van der Waals surface area contributed by atoms with Crippen molar-refractivity contribution in [1.82, 2.24) is 0 Å². The molecule has 0 bridgehead atoms. The predicted molar refractivity (Wildman–Crippen MR) is 52.7 cm³/mol. The van der Waals surface area contributed by atoms with Crippen LogP contribution in [0.5, 0.6) is 0 Å². The van der Waals surface area contributed by atoms with Crippen LogP contribution in [0.2, 0.25) is 0 Å². The summed E-state index contributed by atoms with van der Waals surface area (Å²) in [5.74, 6) is -22.7. The molecule has 0 aromatic rings. The number of halogens is 13. The highest BCUT2D eigenvalue weighted by Gasteiger charge is 2.90. The zero-order valence-electron chi connectivity index (χ0n) is 11.1. The van der Waals surface area contributed by atoms with Crippen LogP contribution < -0.4 is 0 Å². The van der Waals surface area contributed by atoms with Gasteiger partial charge in [0.15, 0.2) is 0 Å². The maximum Gasteiger partial charge on any atom is 0.460 e. The van der Waals surface area contributed by atoms with Crippen molar-refractivity contribution in [1.29, 1.82) is 0 Å². The van der Waals surface area contributed by atoms with Crippen LogP contribution in [-0.4, -0.2) is 35.8 Å². The van der Waals surface area contributed by atoms with E-state index in [0.29, 0.717) is 0 Å². The van der Waals surface area contributed by atoms with Crippen molar-refractivity contribution >= 4 is 0 Å². The lowest BCUT2D eigenvalue weighted by molar-refractivity contribution is -0.426. The molecule has 0 heterocycles. The van der Waals surface area contributed by atoms with Gasteiger partial charge in [-0.1, -0.05) is 6.08 Å². The van der Waals surface area contributed by atoms with Crippen molar-refractivity contribution in [2.45, 2.75) is 55.1 Å². The zero-order chi connectivity index (χ0) is 19.4. The minimum absolute atomic E-state index is 0.128. The van der Waals surface area contributed by atoms with Crippen molar-refractivity contribution in [2.24, 2.45) is 0 Å². The fourth-order valence-corrected chi connectivity index (χ4v) is 2.14. The normalized spacial score (nSPS) is 20.8. The first-order valence-electron chi connectivity index (χ1n) is 6.01. The van der Waals surface area contributed by atoms with Crippen molar-refractivity contribution in [3.8, 4) is 0 Å². The highest BCUT2D eigenvalue weighted by Crippen LogP contribution is 2.62. The Labute approximate surface area is 125 Å². The molecule has 0 saturated carbocycles. The Balaban J connectivity index is 3.63. The van der Waals surface area contributed by atoms with Gasteiger partial charge in [-0.2, -0.15) is 52.7 Å². The summed E-state index contributed by atoms with van der Waals surface area (Å²) < 4.78 is 167. The van der Waals surface area contributed by atoms with Crippen molar-refractivity contribution < 1.29 is 57.1 Å². The molecule has 13 heteroatoms. The Morgan fingerprint density at radius 3 is 1.33 bits per heavy atom. The Morgan fingerprint density at radius 1 is 0.583 bits per heavy atom. The molecule has 1 aliphatic rings. The Bertz CT molecular complexity index is 509. The average molecular weight is 386 g/mol. The number of alkyl halides is 13. The first kappa shape index (κ1) is 20.9. The topological polar surface area (TPSA) is 0 Å². The Hall–Kier alpha value is -1.17. The number of allylic oxidation sites excluding steroid dienone is 2. The van der Waals surface area contributed by atoms with Gasteiger partial charge in [-0.25, -0.2) is 4.39 Å². The van der Waals surface area contributed by atoms with Gasteiger partial charge in [-0.15, -0.1) is 0 Å². The van der Waals surface area contributed by atoms with E-state index in [1.807, 2.05) is 0 Å². The summed E-state index contributed by atoms with van der Waals surface area (Å²) in [6.07, 6.45) is -16.1. The number of hydrogen-bond acceptors (Lipinski definition) is 0. The molecular weight excluding hydrogens is 379 g/mol. The summed E-state index contributed by atoms with van der Waals surface area (Å²) >= 11 is 0. The van der Waals surface area contributed by atoms with Gasteiger partial charge >= 0.3 is 30.1 Å². The SMILES string of the molecule is FC(F)(F)C(F)(F)C(F)(F)C(F)(F)C(F)(C1=CCCC1)C(F)(F)F. The van der Waals surface area contributed by atoms with Crippen LogP contribution >= 0.6 is 0 Å². The van der Waals surface area contributed by atoms with Gasteiger partial charge < -0.3 is 0 Å². The van der Waals surface area contributed by atoms with Crippen molar-refractivity contribution in [2.75, 3.05) is 0 Å². The van der Waals surface area contributed by atoms with E-state index in [0.717, 1.165) is 0 Å². The quantitative estimate of drug-likeness (QED) is 0.421. The maximum atomic E-state index is 14.1. The van der Waals surface area contributed by atoms with E-state index < -0.39 is 60.6 Å². The monoisotopic (exact) mass is 386 g/mol. The van der Waals surface area contributed by atoms with Gasteiger partial charge in [0.1, 0.15) is 0 Å². The highest BCUT2D eigenvalue weighted by atomic mass is 19.4. The molecule has 24 heavy (non-hydrogen) atoms. The Morgan fingerprint density at radius 2 is 1.04 bits per heavy atom. The van der Waals surface area contributed by atoms with E-state index in [1.165, 1.54) is 0 Å². The summed E-state index contributed by atoms with van der Waals surface area (Å²) in [5.41, 5.74) is -8.40. The summed E-state index contributed by atoms with van der Waals surface area (Å²) in [6.45, 7) is 0. The molecule has 0 nitrogen and oxygen atoms in total. The molecule has 0 N–H and O–H groups in total. The van der Waals surface area contributed by atoms with Gasteiger partial charge in [0.2, 0.25) is 0 Å². The average Bonchev–Trinajstić information content (AvgIpc) is 2.88. The van der Waals surface area contributed by atoms with E-state index in [-0.39, 0.29) is 6.08 Å². The minimum atomic E-state index is -7.70. The predicted octanol–water partition coefficient (Wildman–Crippen LogP) is 5.84. The van der Waals surface area contributed by atoms with E-state index in [1.54, 1.807) is 0 Å². The maximum absolute atomic E-state index is 14.1. The second kappa shape index (κ2) is 5.41. The lowest BCUT2D eigenvalue weighted by atomic mass is 9.82. The van der Waals surface area contributed by atoms with Crippen LogP contribution in [0, 0.1) is 0 Å². The molecule has 0 aliphatic heterocycles. The lowest BCUT2D eigenvalue weighted by Crippen LogP contribution is -2.71. The fraction of sp³-hybridized carbons (Fsp3) is 0.818. The third kappa shape index (κ3) is 2.54. The number of rotatable bonds is 4. The van der Waals surface area contributed by atoms with Crippen LogP contribution in [0.25, 0.3) is 0 Å². The molecule has 0 spiro atoms. The fourth-order valence-electron chi connectivity index (χ4n) is 2.14.